The lowest BCUT2D eigenvalue weighted by Crippen LogP contribution is -2.24. The summed E-state index contributed by atoms with van der Waals surface area (Å²) in [5, 5.41) is 3.21. The summed E-state index contributed by atoms with van der Waals surface area (Å²) in [5.74, 6) is -0.333. The zero-order chi connectivity index (χ0) is 13.6. The van der Waals surface area contributed by atoms with Crippen LogP contribution in [0.15, 0.2) is 18.5 Å². The van der Waals surface area contributed by atoms with Gasteiger partial charge in [0.25, 0.3) is 0 Å². The van der Waals surface area contributed by atoms with Crippen LogP contribution in [0.4, 0.5) is 4.39 Å². The number of sulfone groups is 1. The Morgan fingerprint density at radius 1 is 1.44 bits per heavy atom. The van der Waals surface area contributed by atoms with Crippen molar-refractivity contribution in [1.29, 1.82) is 0 Å². The lowest BCUT2D eigenvalue weighted by atomic mass is 10.1. The van der Waals surface area contributed by atoms with E-state index in [-0.39, 0.29) is 11.8 Å². The summed E-state index contributed by atoms with van der Waals surface area (Å²) in [6.07, 6.45) is 5.26. The highest BCUT2D eigenvalue weighted by molar-refractivity contribution is 7.90. The van der Waals surface area contributed by atoms with Crippen LogP contribution in [-0.4, -0.2) is 32.0 Å². The summed E-state index contributed by atoms with van der Waals surface area (Å²) in [5.41, 5.74) is 0.687. The summed E-state index contributed by atoms with van der Waals surface area (Å²) in [7, 11) is -3.02. The molecule has 0 amide bonds. The third-order valence-corrected chi connectivity index (χ3v) is 3.52. The SMILES string of the molecule is CCCNC(CCS(C)(=O)=O)c1cncc(F)c1. The lowest BCUT2D eigenvalue weighted by Gasteiger charge is -2.18. The van der Waals surface area contributed by atoms with Crippen LogP contribution in [0.25, 0.3) is 0 Å². The Morgan fingerprint density at radius 2 is 2.17 bits per heavy atom. The van der Waals surface area contributed by atoms with Gasteiger partial charge in [0.15, 0.2) is 0 Å². The maximum absolute atomic E-state index is 13.1. The van der Waals surface area contributed by atoms with Crippen LogP contribution in [0.3, 0.4) is 0 Å². The van der Waals surface area contributed by atoms with Gasteiger partial charge in [0, 0.05) is 18.5 Å². The number of pyridine rings is 1. The van der Waals surface area contributed by atoms with Crippen molar-refractivity contribution in [3.63, 3.8) is 0 Å². The van der Waals surface area contributed by atoms with E-state index in [1.54, 1.807) is 6.20 Å². The molecule has 0 spiro atoms. The minimum atomic E-state index is -3.02. The second kappa shape index (κ2) is 6.80. The van der Waals surface area contributed by atoms with E-state index in [2.05, 4.69) is 10.3 Å². The number of nitrogens with zero attached hydrogens (tertiary/aromatic N) is 1. The van der Waals surface area contributed by atoms with Crippen molar-refractivity contribution in [3.8, 4) is 0 Å². The van der Waals surface area contributed by atoms with E-state index in [9.17, 15) is 12.8 Å². The first-order chi connectivity index (χ1) is 8.42. The molecule has 1 aromatic heterocycles. The molecule has 102 valence electrons. The molecule has 0 saturated carbocycles. The third kappa shape index (κ3) is 5.55. The summed E-state index contributed by atoms with van der Waals surface area (Å²) in [6, 6.07) is 1.21. The molecule has 1 rings (SSSR count). The Balaban J connectivity index is 2.77. The average Bonchev–Trinajstić information content (AvgIpc) is 2.28. The molecular formula is C12H19FN2O2S. The van der Waals surface area contributed by atoms with Gasteiger partial charge in [-0.25, -0.2) is 12.8 Å². The number of nitrogens with one attached hydrogen (secondary N) is 1. The van der Waals surface area contributed by atoms with Crippen molar-refractivity contribution in [2.75, 3.05) is 18.6 Å². The lowest BCUT2D eigenvalue weighted by molar-refractivity contribution is 0.507. The highest BCUT2D eigenvalue weighted by atomic mass is 32.2. The Labute approximate surface area is 108 Å². The predicted octanol–water partition coefficient (Wildman–Crippen LogP) is 1.70. The topological polar surface area (TPSA) is 59.1 Å². The fourth-order valence-electron chi connectivity index (χ4n) is 1.66. The van der Waals surface area contributed by atoms with E-state index >= 15 is 0 Å². The molecule has 1 heterocycles. The van der Waals surface area contributed by atoms with Crippen LogP contribution in [0.1, 0.15) is 31.4 Å². The monoisotopic (exact) mass is 274 g/mol. The standard InChI is InChI=1S/C12H19FN2O2S/c1-3-5-15-12(4-6-18(2,16)17)10-7-11(13)9-14-8-10/h7-9,12,15H,3-6H2,1-2H3. The van der Waals surface area contributed by atoms with Crippen molar-refractivity contribution in [3.05, 3.63) is 29.8 Å². The van der Waals surface area contributed by atoms with E-state index in [1.807, 2.05) is 6.92 Å². The van der Waals surface area contributed by atoms with Crippen molar-refractivity contribution in [2.45, 2.75) is 25.8 Å². The van der Waals surface area contributed by atoms with Crippen LogP contribution >= 0.6 is 0 Å². The highest BCUT2D eigenvalue weighted by Gasteiger charge is 2.14. The summed E-state index contributed by atoms with van der Waals surface area (Å²) in [4.78, 5) is 3.79. The molecule has 0 aliphatic heterocycles. The average molecular weight is 274 g/mol. The van der Waals surface area contributed by atoms with Gasteiger partial charge in [-0.1, -0.05) is 6.92 Å². The zero-order valence-corrected chi connectivity index (χ0v) is 11.5. The predicted molar refractivity (Wildman–Crippen MR) is 69.6 cm³/mol. The smallest absolute Gasteiger partial charge is 0.147 e. The van der Waals surface area contributed by atoms with Gasteiger partial charge in [-0.3, -0.25) is 4.98 Å². The molecule has 0 bridgehead atoms. The molecule has 1 N–H and O–H groups in total. The van der Waals surface area contributed by atoms with Crippen molar-refractivity contribution in [1.82, 2.24) is 10.3 Å². The van der Waals surface area contributed by atoms with Gasteiger partial charge in [-0.15, -0.1) is 0 Å². The summed E-state index contributed by atoms with van der Waals surface area (Å²) < 4.78 is 35.5. The van der Waals surface area contributed by atoms with Crippen LogP contribution in [0.2, 0.25) is 0 Å². The maximum atomic E-state index is 13.1. The van der Waals surface area contributed by atoms with Gasteiger partial charge in [0.1, 0.15) is 15.7 Å². The van der Waals surface area contributed by atoms with Gasteiger partial charge in [0.2, 0.25) is 0 Å². The molecule has 0 aliphatic carbocycles. The van der Waals surface area contributed by atoms with Crippen LogP contribution in [0.5, 0.6) is 0 Å². The summed E-state index contributed by atoms with van der Waals surface area (Å²) in [6.45, 7) is 2.77. The molecule has 0 radical (unpaired) electrons. The van der Waals surface area contributed by atoms with Crippen LogP contribution in [0, 0.1) is 5.82 Å². The van der Waals surface area contributed by atoms with Crippen LogP contribution < -0.4 is 5.32 Å². The maximum Gasteiger partial charge on any atom is 0.147 e. The van der Waals surface area contributed by atoms with E-state index in [1.165, 1.54) is 12.3 Å². The number of hydrogen-bond acceptors (Lipinski definition) is 4. The molecule has 0 saturated heterocycles. The molecular weight excluding hydrogens is 255 g/mol. The number of aromatic nitrogens is 1. The second-order valence-corrected chi connectivity index (χ2v) is 6.62. The zero-order valence-electron chi connectivity index (χ0n) is 10.7. The normalized spacial score (nSPS) is 13.5. The minimum absolute atomic E-state index is 0.0743. The molecule has 0 aliphatic rings. The largest absolute Gasteiger partial charge is 0.310 e. The molecule has 1 aromatic rings. The first kappa shape index (κ1) is 15.0. The minimum Gasteiger partial charge on any atom is -0.310 e. The van der Waals surface area contributed by atoms with Gasteiger partial charge in [-0.2, -0.15) is 0 Å². The van der Waals surface area contributed by atoms with Gasteiger partial charge in [0.05, 0.1) is 11.9 Å². The molecule has 6 heteroatoms. The Bertz CT molecular complexity index is 477. The van der Waals surface area contributed by atoms with Gasteiger partial charge < -0.3 is 5.32 Å². The summed E-state index contributed by atoms with van der Waals surface area (Å²) >= 11 is 0. The van der Waals surface area contributed by atoms with E-state index < -0.39 is 15.7 Å². The highest BCUT2D eigenvalue weighted by Crippen LogP contribution is 2.17. The first-order valence-electron chi connectivity index (χ1n) is 5.94. The number of rotatable bonds is 7. The number of hydrogen-bond donors (Lipinski definition) is 1. The van der Waals surface area contributed by atoms with Crippen LogP contribution in [-0.2, 0) is 9.84 Å². The fourth-order valence-corrected chi connectivity index (χ4v) is 2.32. The fraction of sp³-hybridized carbons (Fsp3) is 0.583. The molecule has 4 nitrogen and oxygen atoms in total. The Kier molecular flexibility index (Phi) is 5.68. The number of halogens is 1. The van der Waals surface area contributed by atoms with Gasteiger partial charge in [-0.05, 0) is 31.0 Å². The Morgan fingerprint density at radius 3 is 2.72 bits per heavy atom. The molecule has 1 unspecified atom stereocenters. The van der Waals surface area contributed by atoms with Crippen molar-refractivity contribution < 1.29 is 12.8 Å². The molecule has 1 atom stereocenters. The van der Waals surface area contributed by atoms with Crippen molar-refractivity contribution in [2.24, 2.45) is 0 Å². The molecule has 18 heavy (non-hydrogen) atoms. The van der Waals surface area contributed by atoms with E-state index in [4.69, 9.17) is 0 Å². The first-order valence-corrected chi connectivity index (χ1v) is 8.00. The second-order valence-electron chi connectivity index (χ2n) is 4.36. The van der Waals surface area contributed by atoms with Gasteiger partial charge >= 0.3 is 0 Å². The van der Waals surface area contributed by atoms with E-state index in [0.717, 1.165) is 19.2 Å². The van der Waals surface area contributed by atoms with Crippen molar-refractivity contribution >= 4 is 9.84 Å². The molecule has 0 fully saturated rings. The molecule has 0 aromatic carbocycles. The third-order valence-electron chi connectivity index (χ3n) is 2.55. The Hall–Kier alpha value is -1.01. The quantitative estimate of drug-likeness (QED) is 0.822. The van der Waals surface area contributed by atoms with E-state index in [0.29, 0.717) is 12.0 Å².